The lowest BCUT2D eigenvalue weighted by molar-refractivity contribution is -0.178. The van der Waals surface area contributed by atoms with Gasteiger partial charge in [-0.15, -0.1) is 0 Å². The summed E-state index contributed by atoms with van der Waals surface area (Å²) in [6.45, 7) is 13.9. The van der Waals surface area contributed by atoms with Crippen LogP contribution < -0.4 is 0 Å². The molecule has 0 aromatic carbocycles. The van der Waals surface area contributed by atoms with Gasteiger partial charge in [0.25, 0.3) is 0 Å². The molecule has 4 aliphatic rings. The maximum atomic E-state index is 14.6. The van der Waals surface area contributed by atoms with E-state index in [1.54, 1.807) is 13.8 Å². The van der Waals surface area contributed by atoms with Crippen LogP contribution in [0.1, 0.15) is 93.9 Å². The first-order valence-electron chi connectivity index (χ1n) is 14.9. The zero-order valence-electron chi connectivity index (χ0n) is 25.6. The van der Waals surface area contributed by atoms with Crippen LogP contribution in [0.25, 0.3) is 0 Å². The minimum atomic E-state index is -1.28. The van der Waals surface area contributed by atoms with Gasteiger partial charge in [0.1, 0.15) is 5.78 Å². The zero-order chi connectivity index (χ0) is 31.0. The van der Waals surface area contributed by atoms with E-state index in [0.29, 0.717) is 24.0 Å². The van der Waals surface area contributed by atoms with Crippen molar-refractivity contribution in [2.24, 2.45) is 45.3 Å². The molecule has 41 heavy (non-hydrogen) atoms. The highest BCUT2D eigenvalue weighted by molar-refractivity contribution is 6.13. The maximum Gasteiger partial charge on any atom is 0.306 e. The SMILES string of the molecule is CC(=O)OC1C(=O)C2=C(C(=O)C[C@H]3C(C)(C)C(O)CC[C@]23C)[C@]2(C)C(O)C[C@H]([C@H](C)CC(=O)CC(C)C(=O)O)[C@@]12C. The fourth-order valence-corrected chi connectivity index (χ4v) is 9.44. The highest BCUT2D eigenvalue weighted by atomic mass is 16.5. The van der Waals surface area contributed by atoms with Crippen LogP contribution in [0, 0.1) is 45.3 Å². The summed E-state index contributed by atoms with van der Waals surface area (Å²) in [5.74, 6) is -4.63. The van der Waals surface area contributed by atoms with E-state index < -0.39 is 69.5 Å². The number of ether oxygens (including phenoxy) is 1. The Hall–Kier alpha value is -2.39. The molecule has 3 N–H and O–H groups in total. The van der Waals surface area contributed by atoms with Crippen molar-refractivity contribution in [2.45, 2.75) is 112 Å². The molecular weight excluding hydrogens is 528 g/mol. The Morgan fingerprint density at radius 3 is 2.15 bits per heavy atom. The van der Waals surface area contributed by atoms with Crippen LogP contribution in [-0.4, -0.2) is 62.9 Å². The van der Waals surface area contributed by atoms with Crippen LogP contribution in [0.3, 0.4) is 0 Å². The minimum Gasteiger partial charge on any atom is -0.481 e. The van der Waals surface area contributed by atoms with E-state index in [2.05, 4.69) is 0 Å². The van der Waals surface area contributed by atoms with Gasteiger partial charge in [0.05, 0.1) is 18.1 Å². The normalized spacial score (nSPS) is 41.2. The fraction of sp³-hybridized carbons (Fsp3) is 0.781. The van der Waals surface area contributed by atoms with Crippen LogP contribution in [0.4, 0.5) is 0 Å². The van der Waals surface area contributed by atoms with Crippen molar-refractivity contribution in [1.82, 2.24) is 0 Å². The lowest BCUT2D eigenvalue weighted by Crippen LogP contribution is -2.65. The van der Waals surface area contributed by atoms with Crippen molar-refractivity contribution in [3.63, 3.8) is 0 Å². The predicted octanol–water partition coefficient (Wildman–Crippen LogP) is 3.67. The van der Waals surface area contributed by atoms with Crippen LogP contribution in [0.5, 0.6) is 0 Å². The quantitative estimate of drug-likeness (QED) is 0.386. The lowest BCUT2D eigenvalue weighted by Gasteiger charge is -2.61. The van der Waals surface area contributed by atoms with Crippen LogP contribution in [0.15, 0.2) is 11.1 Å². The Labute approximate surface area is 242 Å². The third-order valence-corrected chi connectivity index (χ3v) is 12.0. The molecule has 4 unspecified atom stereocenters. The number of hydrogen-bond donors (Lipinski definition) is 3. The van der Waals surface area contributed by atoms with Crippen LogP contribution >= 0.6 is 0 Å². The number of carbonyl (C=O) groups excluding carboxylic acids is 4. The van der Waals surface area contributed by atoms with E-state index >= 15 is 0 Å². The van der Waals surface area contributed by atoms with Gasteiger partial charge in [0, 0.05) is 53.6 Å². The van der Waals surface area contributed by atoms with Crippen molar-refractivity contribution < 1.29 is 44.0 Å². The number of carboxylic acids is 1. The summed E-state index contributed by atoms with van der Waals surface area (Å²) >= 11 is 0. The molecule has 9 nitrogen and oxygen atoms in total. The average Bonchev–Trinajstić information content (AvgIpc) is 3.07. The molecule has 10 atom stereocenters. The molecule has 0 radical (unpaired) electrons. The van der Waals surface area contributed by atoms with E-state index in [0.717, 1.165) is 0 Å². The number of Topliss-reactive ketones (excluding diaryl/α,β-unsaturated/α-hetero) is 3. The van der Waals surface area contributed by atoms with Gasteiger partial charge in [0.15, 0.2) is 11.9 Å². The second-order valence-electron chi connectivity index (χ2n) is 14.6. The largest absolute Gasteiger partial charge is 0.481 e. The molecule has 0 saturated heterocycles. The number of esters is 1. The van der Waals surface area contributed by atoms with Crippen molar-refractivity contribution in [3.05, 3.63) is 11.1 Å². The van der Waals surface area contributed by atoms with E-state index in [4.69, 9.17) is 4.74 Å². The highest BCUT2D eigenvalue weighted by Crippen LogP contribution is 2.71. The number of rotatable bonds is 7. The van der Waals surface area contributed by atoms with Gasteiger partial charge in [-0.2, -0.15) is 0 Å². The minimum absolute atomic E-state index is 0.0351. The Balaban J connectivity index is 1.87. The molecule has 4 aliphatic carbocycles. The van der Waals surface area contributed by atoms with Gasteiger partial charge in [0.2, 0.25) is 5.78 Å². The molecule has 0 spiro atoms. The Morgan fingerprint density at radius 2 is 1.59 bits per heavy atom. The maximum absolute atomic E-state index is 14.6. The summed E-state index contributed by atoms with van der Waals surface area (Å²) < 4.78 is 5.84. The lowest BCUT2D eigenvalue weighted by atomic mass is 9.42. The summed E-state index contributed by atoms with van der Waals surface area (Å²) in [6.07, 6.45) is -1.81. The second-order valence-corrected chi connectivity index (χ2v) is 14.6. The third kappa shape index (κ3) is 4.36. The van der Waals surface area contributed by atoms with E-state index in [9.17, 15) is 39.3 Å². The third-order valence-electron chi connectivity index (χ3n) is 12.0. The molecule has 4 rings (SSSR count). The number of carbonyl (C=O) groups is 5. The highest BCUT2D eigenvalue weighted by Gasteiger charge is 2.74. The number of aliphatic hydroxyl groups excluding tert-OH is 2. The summed E-state index contributed by atoms with van der Waals surface area (Å²) in [5.41, 5.74) is -3.21. The molecule has 2 fully saturated rings. The molecule has 0 aliphatic heterocycles. The number of aliphatic hydroxyl groups is 2. The van der Waals surface area contributed by atoms with Crippen LogP contribution in [0.2, 0.25) is 0 Å². The molecule has 0 amide bonds. The number of hydrogen-bond acceptors (Lipinski definition) is 8. The van der Waals surface area contributed by atoms with Gasteiger partial charge in [-0.05, 0) is 42.4 Å². The van der Waals surface area contributed by atoms with Crippen molar-refractivity contribution >= 4 is 29.3 Å². The zero-order valence-corrected chi connectivity index (χ0v) is 25.6. The standard InChI is InChI=1S/C32H46O9/c1-15(11-18(34)12-16(2)28(39)40)19-13-23(37)32(8)24-20(35)14-21-29(4,5)22(36)9-10-30(21,6)25(24)26(38)27(31(19,32)7)41-17(3)33/h15-16,19,21-23,27,36-37H,9-14H2,1-8H3,(H,39,40)/t15-,16?,19-,21+,22?,23?,27?,30+,31+,32+/m1/s1. The number of fused-ring (bicyclic) bond motifs is 4. The van der Waals surface area contributed by atoms with Gasteiger partial charge < -0.3 is 20.1 Å². The van der Waals surface area contributed by atoms with Crippen molar-refractivity contribution in [3.8, 4) is 0 Å². The number of carboxylic acid groups (broad SMARTS) is 1. The molecule has 0 bridgehead atoms. The number of ketones is 3. The monoisotopic (exact) mass is 574 g/mol. The van der Waals surface area contributed by atoms with E-state index in [-0.39, 0.29) is 49.1 Å². The molecule has 2 saturated carbocycles. The van der Waals surface area contributed by atoms with E-state index in [1.165, 1.54) is 13.8 Å². The van der Waals surface area contributed by atoms with E-state index in [1.807, 2.05) is 27.7 Å². The molecule has 9 heteroatoms. The van der Waals surface area contributed by atoms with Crippen molar-refractivity contribution in [2.75, 3.05) is 0 Å². The summed E-state index contributed by atoms with van der Waals surface area (Å²) in [6, 6.07) is 0. The molecule has 0 heterocycles. The second kappa shape index (κ2) is 10.1. The summed E-state index contributed by atoms with van der Waals surface area (Å²) in [5, 5.41) is 31.9. The number of aliphatic carboxylic acids is 1. The van der Waals surface area contributed by atoms with Gasteiger partial charge >= 0.3 is 11.9 Å². The van der Waals surface area contributed by atoms with Crippen molar-refractivity contribution in [1.29, 1.82) is 0 Å². The molecular formula is C32H46O9. The first kappa shape index (κ1) is 31.5. The average molecular weight is 575 g/mol. The summed E-state index contributed by atoms with van der Waals surface area (Å²) in [4.78, 5) is 65.5. The van der Waals surface area contributed by atoms with Gasteiger partial charge in [-0.3, -0.25) is 24.0 Å². The first-order chi connectivity index (χ1) is 18.8. The van der Waals surface area contributed by atoms with Gasteiger partial charge in [-0.25, -0.2) is 0 Å². The molecule has 0 aromatic rings. The molecule has 0 aromatic heterocycles. The van der Waals surface area contributed by atoms with Gasteiger partial charge in [-0.1, -0.05) is 48.5 Å². The predicted molar refractivity (Wildman–Crippen MR) is 148 cm³/mol. The fourth-order valence-electron chi connectivity index (χ4n) is 9.44. The first-order valence-corrected chi connectivity index (χ1v) is 14.9. The van der Waals surface area contributed by atoms with Crippen LogP contribution in [-0.2, 0) is 28.7 Å². The summed E-state index contributed by atoms with van der Waals surface area (Å²) in [7, 11) is 0. The topological polar surface area (TPSA) is 155 Å². The Bertz CT molecular complexity index is 1220. The Kier molecular flexibility index (Phi) is 7.78. The molecule has 228 valence electrons. The Morgan fingerprint density at radius 1 is 0.976 bits per heavy atom. The smallest absolute Gasteiger partial charge is 0.306 e.